The lowest BCUT2D eigenvalue weighted by atomic mass is 10.1. The Morgan fingerprint density at radius 1 is 1.17 bits per heavy atom. The zero-order valence-corrected chi connectivity index (χ0v) is 15.7. The quantitative estimate of drug-likeness (QED) is 0.863. The van der Waals surface area contributed by atoms with Gasteiger partial charge in [-0.1, -0.05) is 0 Å². The summed E-state index contributed by atoms with van der Waals surface area (Å²) in [6.45, 7) is 1.63. The maximum atomic E-state index is 13.9. The molecule has 0 aliphatic carbocycles. The second-order valence-corrected chi connectivity index (χ2v) is 7.25. The number of rotatable bonds is 3. The molecule has 2 aliphatic heterocycles. The van der Waals surface area contributed by atoms with Crippen molar-refractivity contribution >= 4 is 29.1 Å². The van der Waals surface area contributed by atoms with Crippen LogP contribution in [0.5, 0.6) is 0 Å². The number of hydrogen-bond donors (Lipinski definition) is 1. The summed E-state index contributed by atoms with van der Waals surface area (Å²) < 4.78 is 27.3. The highest BCUT2D eigenvalue weighted by Gasteiger charge is 2.42. The lowest BCUT2D eigenvalue weighted by molar-refractivity contribution is -0.124. The van der Waals surface area contributed by atoms with Crippen LogP contribution in [0.2, 0.25) is 0 Å². The predicted molar refractivity (Wildman–Crippen MR) is 103 cm³/mol. The zero-order chi connectivity index (χ0) is 20.7. The van der Waals surface area contributed by atoms with Crippen molar-refractivity contribution in [3.05, 3.63) is 59.2 Å². The van der Waals surface area contributed by atoms with E-state index in [0.717, 1.165) is 17.0 Å². The number of aryl methyl sites for hydroxylation is 1. The number of carbonyl (C=O) groups excluding carboxylic acids is 3. The lowest BCUT2D eigenvalue weighted by Crippen LogP contribution is -2.47. The third kappa shape index (κ3) is 3.46. The van der Waals surface area contributed by atoms with Crippen molar-refractivity contribution in [1.82, 2.24) is 4.90 Å². The molecule has 4 rings (SSSR count). The lowest BCUT2D eigenvalue weighted by Gasteiger charge is -2.25. The molecule has 2 heterocycles. The van der Waals surface area contributed by atoms with Crippen LogP contribution in [0.15, 0.2) is 36.4 Å². The Bertz CT molecular complexity index is 1020. The van der Waals surface area contributed by atoms with Crippen LogP contribution >= 0.6 is 0 Å². The van der Waals surface area contributed by atoms with Gasteiger partial charge in [-0.2, -0.15) is 0 Å². The molecular weight excluding hydrogens is 380 g/mol. The van der Waals surface area contributed by atoms with Crippen molar-refractivity contribution in [1.29, 1.82) is 0 Å². The topological polar surface area (TPSA) is 69.7 Å². The van der Waals surface area contributed by atoms with Crippen molar-refractivity contribution in [2.75, 3.05) is 23.3 Å². The first-order valence-corrected chi connectivity index (χ1v) is 9.33. The highest BCUT2D eigenvalue weighted by Crippen LogP contribution is 2.33. The largest absolute Gasteiger partial charge is 0.327 e. The van der Waals surface area contributed by atoms with E-state index in [4.69, 9.17) is 0 Å². The summed E-state index contributed by atoms with van der Waals surface area (Å²) >= 11 is 0. The van der Waals surface area contributed by atoms with E-state index in [9.17, 15) is 23.2 Å². The zero-order valence-electron chi connectivity index (χ0n) is 15.7. The number of benzene rings is 2. The Morgan fingerprint density at radius 3 is 2.72 bits per heavy atom. The van der Waals surface area contributed by atoms with E-state index < -0.39 is 29.5 Å². The molecule has 2 aromatic rings. The van der Waals surface area contributed by atoms with Gasteiger partial charge < -0.3 is 15.1 Å². The van der Waals surface area contributed by atoms with E-state index in [0.29, 0.717) is 30.6 Å². The molecule has 150 valence electrons. The molecule has 8 heteroatoms. The van der Waals surface area contributed by atoms with Gasteiger partial charge in [0.05, 0.1) is 11.3 Å². The van der Waals surface area contributed by atoms with Crippen LogP contribution in [0.3, 0.4) is 0 Å². The molecule has 2 aliphatic rings. The van der Waals surface area contributed by atoms with Gasteiger partial charge in [0.15, 0.2) is 0 Å². The van der Waals surface area contributed by atoms with Gasteiger partial charge in [-0.25, -0.2) is 8.78 Å². The standard InChI is InChI=1S/C21H19F2N3O3/c1-12-9-14(5-7-16(12)23)24-19(27)11-26-18-10-13(22)4-6-15(18)20(28)25-8-2-3-17(25)21(26)29/h4-7,9-10,17H,2-3,8,11H2,1H3,(H,24,27). The van der Waals surface area contributed by atoms with E-state index in [1.807, 2.05) is 0 Å². The van der Waals surface area contributed by atoms with Gasteiger partial charge in [0, 0.05) is 12.2 Å². The fourth-order valence-electron chi connectivity index (χ4n) is 3.86. The summed E-state index contributed by atoms with van der Waals surface area (Å²) in [5.41, 5.74) is 1.02. The predicted octanol–water partition coefficient (Wildman–Crippen LogP) is 2.86. The van der Waals surface area contributed by atoms with Gasteiger partial charge in [-0.05, 0) is 61.7 Å². The van der Waals surface area contributed by atoms with Gasteiger partial charge in [-0.3, -0.25) is 14.4 Å². The van der Waals surface area contributed by atoms with E-state index in [1.54, 1.807) is 6.92 Å². The van der Waals surface area contributed by atoms with Crippen molar-refractivity contribution in [2.24, 2.45) is 0 Å². The second kappa shape index (κ2) is 7.27. The van der Waals surface area contributed by atoms with Crippen molar-refractivity contribution in [2.45, 2.75) is 25.8 Å². The number of hydrogen-bond acceptors (Lipinski definition) is 3. The first kappa shape index (κ1) is 19.0. The normalized spacial score (nSPS) is 18.4. The van der Waals surface area contributed by atoms with Crippen LogP contribution in [0.25, 0.3) is 0 Å². The van der Waals surface area contributed by atoms with Crippen molar-refractivity contribution < 1.29 is 23.2 Å². The Morgan fingerprint density at radius 2 is 1.97 bits per heavy atom. The van der Waals surface area contributed by atoms with E-state index in [1.165, 1.54) is 29.2 Å². The summed E-state index contributed by atoms with van der Waals surface area (Å²) in [4.78, 5) is 41.2. The number of amides is 3. The number of nitrogens with one attached hydrogen (secondary N) is 1. The van der Waals surface area contributed by atoms with Crippen LogP contribution in [0, 0.1) is 18.6 Å². The minimum Gasteiger partial charge on any atom is -0.327 e. The maximum Gasteiger partial charge on any atom is 0.256 e. The number of nitrogens with zero attached hydrogens (tertiary/aromatic N) is 2. The van der Waals surface area contributed by atoms with Gasteiger partial charge in [0.1, 0.15) is 24.2 Å². The molecule has 0 bridgehead atoms. The summed E-state index contributed by atoms with van der Waals surface area (Å²) in [6.07, 6.45) is 1.18. The van der Waals surface area contributed by atoms with Gasteiger partial charge in [0.2, 0.25) is 11.8 Å². The molecule has 2 aromatic carbocycles. The third-order valence-electron chi connectivity index (χ3n) is 5.29. The van der Waals surface area contributed by atoms with Crippen molar-refractivity contribution in [3.63, 3.8) is 0 Å². The Kier molecular flexibility index (Phi) is 4.77. The fraction of sp³-hybridized carbons (Fsp3) is 0.286. The smallest absolute Gasteiger partial charge is 0.256 e. The van der Waals surface area contributed by atoms with Crippen LogP contribution in [0.4, 0.5) is 20.2 Å². The van der Waals surface area contributed by atoms with E-state index >= 15 is 0 Å². The Hall–Kier alpha value is -3.29. The van der Waals surface area contributed by atoms with Crippen LogP contribution in [-0.4, -0.2) is 41.8 Å². The summed E-state index contributed by atoms with van der Waals surface area (Å²) in [5, 5.41) is 2.62. The molecule has 3 amide bonds. The van der Waals surface area contributed by atoms with Gasteiger partial charge in [0.25, 0.3) is 5.91 Å². The number of anilines is 2. The molecule has 1 atom stereocenters. The molecular formula is C21H19F2N3O3. The highest BCUT2D eigenvalue weighted by molar-refractivity contribution is 6.13. The van der Waals surface area contributed by atoms with E-state index in [2.05, 4.69) is 5.32 Å². The molecule has 1 fully saturated rings. The molecule has 1 saturated heterocycles. The van der Waals surface area contributed by atoms with Crippen LogP contribution in [-0.2, 0) is 9.59 Å². The van der Waals surface area contributed by atoms with Crippen molar-refractivity contribution in [3.8, 4) is 0 Å². The SMILES string of the molecule is Cc1cc(NC(=O)CN2C(=O)C3CCCN3C(=O)c3ccc(F)cc32)ccc1F. The average molecular weight is 399 g/mol. The van der Waals surface area contributed by atoms with Gasteiger partial charge in [-0.15, -0.1) is 0 Å². The average Bonchev–Trinajstić information content (AvgIpc) is 3.15. The molecule has 6 nitrogen and oxygen atoms in total. The van der Waals surface area contributed by atoms with Gasteiger partial charge >= 0.3 is 0 Å². The third-order valence-corrected chi connectivity index (χ3v) is 5.29. The number of fused-ring (bicyclic) bond motifs is 2. The number of carbonyl (C=O) groups is 3. The minimum absolute atomic E-state index is 0.0832. The Labute approximate surface area is 166 Å². The molecule has 0 aromatic heterocycles. The second-order valence-electron chi connectivity index (χ2n) is 7.25. The summed E-state index contributed by atoms with van der Waals surface area (Å²) in [5.74, 6) is -2.28. The molecule has 1 N–H and O–H groups in total. The summed E-state index contributed by atoms with van der Waals surface area (Å²) in [6, 6.07) is 7.07. The maximum absolute atomic E-state index is 13.9. The molecule has 29 heavy (non-hydrogen) atoms. The molecule has 0 radical (unpaired) electrons. The first-order chi connectivity index (χ1) is 13.8. The number of halogens is 2. The monoisotopic (exact) mass is 399 g/mol. The molecule has 1 unspecified atom stereocenters. The fourth-order valence-corrected chi connectivity index (χ4v) is 3.86. The van der Waals surface area contributed by atoms with Crippen LogP contribution in [0.1, 0.15) is 28.8 Å². The minimum atomic E-state index is -0.668. The molecule has 0 spiro atoms. The Balaban J connectivity index is 1.65. The summed E-state index contributed by atoms with van der Waals surface area (Å²) in [7, 11) is 0. The first-order valence-electron chi connectivity index (χ1n) is 9.33. The van der Waals surface area contributed by atoms with Crippen LogP contribution < -0.4 is 10.2 Å². The highest BCUT2D eigenvalue weighted by atomic mass is 19.1. The molecule has 0 saturated carbocycles. The van der Waals surface area contributed by atoms with E-state index in [-0.39, 0.29) is 23.7 Å².